The van der Waals surface area contributed by atoms with Gasteiger partial charge in [0.2, 0.25) is 5.91 Å². The van der Waals surface area contributed by atoms with Crippen molar-refractivity contribution >= 4 is 23.4 Å². The highest BCUT2D eigenvalue weighted by Gasteiger charge is 2.21. The molecule has 0 saturated heterocycles. The summed E-state index contributed by atoms with van der Waals surface area (Å²) >= 11 is 1.14. The van der Waals surface area contributed by atoms with E-state index < -0.39 is 11.6 Å². The van der Waals surface area contributed by atoms with Crippen LogP contribution < -0.4 is 4.90 Å². The molecule has 0 aliphatic carbocycles. The smallest absolute Gasteiger partial charge is 0.237 e. The maximum Gasteiger partial charge on any atom is 0.237 e. The lowest BCUT2D eigenvalue weighted by atomic mass is 10.2. The van der Waals surface area contributed by atoms with Gasteiger partial charge < -0.3 is 4.90 Å². The van der Waals surface area contributed by atoms with Gasteiger partial charge in [-0.15, -0.1) is 10.2 Å². The molecule has 1 aromatic heterocycles. The SMILES string of the molecule is CN(C(=O)CSc1nnc(-c2ccccc2)n1-c1ccc(F)cc1F)c1ccccc1. The molecule has 0 saturated carbocycles. The van der Waals surface area contributed by atoms with Crippen LogP contribution >= 0.6 is 11.8 Å². The normalized spacial score (nSPS) is 10.8. The molecule has 0 radical (unpaired) electrons. The zero-order chi connectivity index (χ0) is 21.8. The van der Waals surface area contributed by atoms with Gasteiger partial charge in [-0.05, 0) is 24.3 Å². The van der Waals surface area contributed by atoms with Crippen LogP contribution in [0.5, 0.6) is 0 Å². The van der Waals surface area contributed by atoms with Crippen LogP contribution in [-0.4, -0.2) is 33.5 Å². The van der Waals surface area contributed by atoms with Gasteiger partial charge in [-0.3, -0.25) is 9.36 Å². The zero-order valence-corrected chi connectivity index (χ0v) is 17.4. The van der Waals surface area contributed by atoms with Gasteiger partial charge in [0.25, 0.3) is 0 Å². The Hall–Kier alpha value is -3.52. The fourth-order valence-electron chi connectivity index (χ4n) is 3.04. The molecule has 31 heavy (non-hydrogen) atoms. The van der Waals surface area contributed by atoms with Gasteiger partial charge in [-0.2, -0.15) is 0 Å². The third kappa shape index (κ3) is 4.49. The number of carbonyl (C=O) groups excluding carboxylic acids is 1. The van der Waals surface area contributed by atoms with E-state index in [9.17, 15) is 13.6 Å². The number of hydrogen-bond donors (Lipinski definition) is 0. The van der Waals surface area contributed by atoms with Gasteiger partial charge in [-0.25, -0.2) is 8.78 Å². The lowest BCUT2D eigenvalue weighted by molar-refractivity contribution is -0.115. The fourth-order valence-corrected chi connectivity index (χ4v) is 3.89. The molecular formula is C23H18F2N4OS. The van der Waals surface area contributed by atoms with Gasteiger partial charge >= 0.3 is 0 Å². The van der Waals surface area contributed by atoms with Crippen LogP contribution in [0.3, 0.4) is 0 Å². The van der Waals surface area contributed by atoms with E-state index >= 15 is 0 Å². The Morgan fingerprint density at radius 3 is 2.32 bits per heavy atom. The molecule has 0 N–H and O–H groups in total. The minimum Gasteiger partial charge on any atom is -0.315 e. The molecule has 0 spiro atoms. The van der Waals surface area contributed by atoms with E-state index in [0.29, 0.717) is 11.0 Å². The second kappa shape index (κ2) is 9.09. The van der Waals surface area contributed by atoms with Crippen molar-refractivity contribution in [3.05, 3.63) is 90.5 Å². The van der Waals surface area contributed by atoms with E-state index in [0.717, 1.165) is 29.1 Å². The second-order valence-corrected chi connectivity index (χ2v) is 7.62. The van der Waals surface area contributed by atoms with Crippen LogP contribution in [0.25, 0.3) is 17.1 Å². The van der Waals surface area contributed by atoms with E-state index in [1.54, 1.807) is 11.9 Å². The standard InChI is InChI=1S/C23H18F2N4OS/c1-28(18-10-6-3-7-11-18)21(30)15-31-23-27-26-22(16-8-4-2-5-9-16)29(23)20-13-12-17(24)14-19(20)25/h2-14H,15H2,1H3. The maximum atomic E-state index is 14.6. The fraction of sp³-hybridized carbons (Fsp3) is 0.0870. The summed E-state index contributed by atoms with van der Waals surface area (Å²) in [6, 6.07) is 21.8. The molecule has 4 rings (SSSR count). The van der Waals surface area contributed by atoms with Crippen molar-refractivity contribution in [2.45, 2.75) is 5.16 Å². The minimum absolute atomic E-state index is 0.0706. The molecule has 156 valence electrons. The first-order valence-corrected chi connectivity index (χ1v) is 10.4. The number of hydrogen-bond acceptors (Lipinski definition) is 4. The largest absolute Gasteiger partial charge is 0.315 e. The highest BCUT2D eigenvalue weighted by atomic mass is 32.2. The first-order valence-electron chi connectivity index (χ1n) is 9.45. The highest BCUT2D eigenvalue weighted by Crippen LogP contribution is 2.29. The van der Waals surface area contributed by atoms with Crippen molar-refractivity contribution in [3.63, 3.8) is 0 Å². The molecule has 8 heteroatoms. The number of amides is 1. The summed E-state index contributed by atoms with van der Waals surface area (Å²) < 4.78 is 29.6. The molecule has 0 aliphatic heterocycles. The van der Waals surface area contributed by atoms with E-state index in [-0.39, 0.29) is 17.3 Å². The first-order chi connectivity index (χ1) is 15.0. The van der Waals surface area contributed by atoms with Crippen LogP contribution in [0.1, 0.15) is 0 Å². The van der Waals surface area contributed by atoms with Crippen molar-refractivity contribution < 1.29 is 13.6 Å². The Labute approximate surface area is 182 Å². The predicted molar refractivity (Wildman–Crippen MR) is 117 cm³/mol. The van der Waals surface area contributed by atoms with E-state index in [4.69, 9.17) is 0 Å². The van der Waals surface area contributed by atoms with Crippen molar-refractivity contribution in [1.82, 2.24) is 14.8 Å². The summed E-state index contributed by atoms with van der Waals surface area (Å²) in [5, 5.41) is 8.73. The number of thioether (sulfide) groups is 1. The molecule has 0 aliphatic rings. The minimum atomic E-state index is -0.744. The van der Waals surface area contributed by atoms with Crippen LogP contribution in [0.4, 0.5) is 14.5 Å². The second-order valence-electron chi connectivity index (χ2n) is 6.68. The zero-order valence-electron chi connectivity index (χ0n) is 16.6. The molecule has 4 aromatic rings. The summed E-state index contributed by atoms with van der Waals surface area (Å²) in [6.07, 6.45) is 0. The average molecular weight is 436 g/mol. The van der Waals surface area contributed by atoms with Gasteiger partial charge in [0.15, 0.2) is 11.0 Å². The molecule has 0 fully saturated rings. The van der Waals surface area contributed by atoms with Gasteiger partial charge in [-0.1, -0.05) is 60.3 Å². The monoisotopic (exact) mass is 436 g/mol. The number of nitrogens with zero attached hydrogens (tertiary/aromatic N) is 4. The number of para-hydroxylation sites is 1. The Balaban J connectivity index is 1.66. The van der Waals surface area contributed by atoms with Crippen molar-refractivity contribution in [3.8, 4) is 17.1 Å². The number of rotatable bonds is 6. The van der Waals surface area contributed by atoms with Crippen LogP contribution in [0.2, 0.25) is 0 Å². The Bertz CT molecular complexity index is 1200. The number of aromatic nitrogens is 3. The average Bonchev–Trinajstić information content (AvgIpc) is 3.22. The van der Waals surface area contributed by atoms with Gasteiger partial charge in [0.1, 0.15) is 11.6 Å². The van der Waals surface area contributed by atoms with Crippen molar-refractivity contribution in [2.24, 2.45) is 0 Å². The van der Waals surface area contributed by atoms with Gasteiger partial charge in [0.05, 0.1) is 11.4 Å². The van der Waals surface area contributed by atoms with Crippen molar-refractivity contribution in [1.29, 1.82) is 0 Å². The Morgan fingerprint density at radius 2 is 1.65 bits per heavy atom. The lowest BCUT2D eigenvalue weighted by Gasteiger charge is -2.17. The van der Waals surface area contributed by atoms with E-state index in [2.05, 4.69) is 10.2 Å². The third-order valence-corrected chi connectivity index (χ3v) is 5.57. The third-order valence-electron chi connectivity index (χ3n) is 4.66. The molecule has 0 unspecified atom stereocenters. The number of halogens is 2. The summed E-state index contributed by atoms with van der Waals surface area (Å²) in [5.74, 6) is -1.10. The highest BCUT2D eigenvalue weighted by molar-refractivity contribution is 7.99. The summed E-state index contributed by atoms with van der Waals surface area (Å²) in [4.78, 5) is 14.2. The number of anilines is 1. The molecule has 1 amide bonds. The van der Waals surface area contributed by atoms with Crippen LogP contribution in [0, 0.1) is 11.6 Å². The predicted octanol–water partition coefficient (Wildman–Crippen LogP) is 4.97. The molecule has 5 nitrogen and oxygen atoms in total. The van der Waals surface area contributed by atoms with Crippen molar-refractivity contribution in [2.75, 3.05) is 17.7 Å². The van der Waals surface area contributed by atoms with Crippen LogP contribution in [-0.2, 0) is 4.79 Å². The molecule has 3 aromatic carbocycles. The summed E-state index contributed by atoms with van der Waals surface area (Å²) in [7, 11) is 1.69. The number of carbonyl (C=O) groups is 1. The molecule has 0 bridgehead atoms. The number of benzene rings is 3. The summed E-state index contributed by atoms with van der Waals surface area (Å²) in [6.45, 7) is 0. The topological polar surface area (TPSA) is 51.0 Å². The summed E-state index contributed by atoms with van der Waals surface area (Å²) in [5.41, 5.74) is 1.60. The van der Waals surface area contributed by atoms with E-state index in [1.165, 1.54) is 16.7 Å². The van der Waals surface area contributed by atoms with Crippen LogP contribution in [0.15, 0.2) is 84.0 Å². The molecular weight excluding hydrogens is 418 g/mol. The van der Waals surface area contributed by atoms with E-state index in [1.807, 2.05) is 60.7 Å². The molecule has 1 heterocycles. The first kappa shape index (κ1) is 20.7. The maximum absolute atomic E-state index is 14.6. The quantitative estimate of drug-likeness (QED) is 0.401. The lowest BCUT2D eigenvalue weighted by Crippen LogP contribution is -2.27. The van der Waals surface area contributed by atoms with Gasteiger partial charge in [0, 0.05) is 24.4 Å². The Kier molecular flexibility index (Phi) is 6.08. The Morgan fingerprint density at radius 1 is 0.968 bits per heavy atom. The molecule has 0 atom stereocenters.